The van der Waals surface area contributed by atoms with Crippen molar-refractivity contribution >= 4 is 34.0 Å². The lowest BCUT2D eigenvalue weighted by Crippen LogP contribution is -2.29. The van der Waals surface area contributed by atoms with Crippen LogP contribution in [0.1, 0.15) is 51.2 Å². The van der Waals surface area contributed by atoms with Crippen molar-refractivity contribution in [2.45, 2.75) is 38.4 Å². The minimum absolute atomic E-state index is 0.263. The second kappa shape index (κ2) is 10.2. The van der Waals surface area contributed by atoms with Crippen LogP contribution in [0.5, 0.6) is 0 Å². The minimum atomic E-state index is -4.51. The highest BCUT2D eigenvalue weighted by Crippen LogP contribution is 2.35. The Morgan fingerprint density at radius 1 is 1.06 bits per heavy atom. The van der Waals surface area contributed by atoms with Gasteiger partial charge in [-0.3, -0.25) is 15.0 Å². The maximum atomic E-state index is 13.1. The van der Waals surface area contributed by atoms with Crippen LogP contribution in [-0.4, -0.2) is 28.9 Å². The van der Waals surface area contributed by atoms with Gasteiger partial charge < -0.3 is 0 Å². The summed E-state index contributed by atoms with van der Waals surface area (Å²) in [4.78, 5) is 19.9. The Morgan fingerprint density at radius 2 is 1.76 bits per heavy atom. The third kappa shape index (κ3) is 6.34. The number of nitrogens with one attached hydrogen (secondary N) is 1. The van der Waals surface area contributed by atoms with Crippen molar-refractivity contribution < 1.29 is 18.0 Å². The first-order chi connectivity index (χ1) is 15.8. The molecule has 1 N–H and O–H groups in total. The Balaban J connectivity index is 1.36. The van der Waals surface area contributed by atoms with Crippen molar-refractivity contribution in [1.29, 1.82) is 0 Å². The molecule has 174 valence electrons. The molecule has 0 radical (unpaired) electrons. The molecule has 1 amide bonds. The van der Waals surface area contributed by atoms with Crippen LogP contribution < -0.4 is 5.32 Å². The molecule has 1 saturated heterocycles. The van der Waals surface area contributed by atoms with Gasteiger partial charge in [-0.2, -0.15) is 13.2 Å². The Bertz CT molecular complexity index is 1110. The molecule has 9 heteroatoms. The van der Waals surface area contributed by atoms with E-state index in [1.54, 1.807) is 24.4 Å². The quantitative estimate of drug-likeness (QED) is 0.418. The lowest BCUT2D eigenvalue weighted by Gasteiger charge is -2.26. The second-order valence-electron chi connectivity index (χ2n) is 8.11. The van der Waals surface area contributed by atoms with Gasteiger partial charge in [0.05, 0.1) is 10.6 Å². The molecule has 33 heavy (non-hydrogen) atoms. The summed E-state index contributed by atoms with van der Waals surface area (Å²) in [5, 5.41) is 2.84. The number of benzene rings is 2. The molecule has 0 unspecified atom stereocenters. The molecular formula is C24H23ClF3N3OS. The summed E-state index contributed by atoms with van der Waals surface area (Å²) in [6.45, 7) is 3.11. The molecule has 1 fully saturated rings. The predicted octanol–water partition coefficient (Wildman–Crippen LogP) is 6.64. The van der Waals surface area contributed by atoms with E-state index in [1.807, 2.05) is 12.1 Å². The molecule has 0 aliphatic carbocycles. The predicted molar refractivity (Wildman–Crippen MR) is 125 cm³/mol. The van der Waals surface area contributed by atoms with Crippen molar-refractivity contribution in [3.8, 4) is 0 Å². The van der Waals surface area contributed by atoms with E-state index in [-0.39, 0.29) is 17.4 Å². The zero-order chi connectivity index (χ0) is 23.4. The SMILES string of the molecule is O=C(Nc1ncc(Cc2ccc(Cl)c(C(F)(F)F)c2)s1)c1ccc(CN2CCCCC2)cc1. The van der Waals surface area contributed by atoms with Crippen LogP contribution in [0.2, 0.25) is 5.02 Å². The van der Waals surface area contributed by atoms with Gasteiger partial charge in [-0.05, 0) is 61.3 Å². The summed E-state index contributed by atoms with van der Waals surface area (Å²) in [5.41, 5.74) is 1.31. The number of hydrogen-bond acceptors (Lipinski definition) is 4. The third-order valence-corrected chi connectivity index (χ3v) is 6.80. The van der Waals surface area contributed by atoms with Gasteiger partial charge in [-0.25, -0.2) is 4.98 Å². The van der Waals surface area contributed by atoms with Gasteiger partial charge in [-0.1, -0.05) is 36.2 Å². The number of hydrogen-bond donors (Lipinski definition) is 1. The van der Waals surface area contributed by atoms with E-state index in [1.165, 1.54) is 42.2 Å². The number of likely N-dealkylation sites (tertiary alicyclic amines) is 1. The van der Waals surface area contributed by atoms with E-state index in [9.17, 15) is 18.0 Å². The largest absolute Gasteiger partial charge is 0.417 e. The van der Waals surface area contributed by atoms with Crippen molar-refractivity contribution in [2.24, 2.45) is 0 Å². The van der Waals surface area contributed by atoms with Gasteiger partial charge >= 0.3 is 6.18 Å². The smallest absolute Gasteiger partial charge is 0.299 e. The Labute approximate surface area is 199 Å². The van der Waals surface area contributed by atoms with E-state index in [0.717, 1.165) is 30.6 Å². The highest BCUT2D eigenvalue weighted by atomic mass is 35.5. The van der Waals surface area contributed by atoms with Gasteiger partial charge in [0.25, 0.3) is 5.91 Å². The Morgan fingerprint density at radius 3 is 2.45 bits per heavy atom. The van der Waals surface area contributed by atoms with Gasteiger partial charge in [0.1, 0.15) is 0 Å². The van der Waals surface area contributed by atoms with Crippen molar-refractivity contribution in [3.63, 3.8) is 0 Å². The fraction of sp³-hybridized carbons (Fsp3) is 0.333. The van der Waals surface area contributed by atoms with Crippen LogP contribution in [0.15, 0.2) is 48.7 Å². The summed E-state index contributed by atoms with van der Waals surface area (Å²) in [5.74, 6) is -0.272. The fourth-order valence-electron chi connectivity index (χ4n) is 3.85. The molecule has 1 aliphatic heterocycles. The average molecular weight is 494 g/mol. The molecule has 2 heterocycles. The van der Waals surface area contributed by atoms with Crippen LogP contribution in [0.25, 0.3) is 0 Å². The average Bonchev–Trinajstić information content (AvgIpc) is 3.22. The number of halogens is 4. The van der Waals surface area contributed by atoms with E-state index >= 15 is 0 Å². The molecule has 4 nitrogen and oxygen atoms in total. The number of rotatable bonds is 6. The summed E-state index contributed by atoms with van der Waals surface area (Å²) >= 11 is 6.91. The van der Waals surface area contributed by atoms with Crippen LogP contribution in [0.3, 0.4) is 0 Å². The highest BCUT2D eigenvalue weighted by Gasteiger charge is 2.33. The minimum Gasteiger partial charge on any atom is -0.299 e. The molecule has 4 rings (SSSR count). The first-order valence-corrected chi connectivity index (χ1v) is 11.9. The summed E-state index contributed by atoms with van der Waals surface area (Å²) in [6.07, 6.45) is 1.07. The number of thiazole rings is 1. The monoisotopic (exact) mass is 493 g/mol. The number of alkyl halides is 3. The molecule has 2 aromatic carbocycles. The second-order valence-corrected chi connectivity index (χ2v) is 9.63. The number of nitrogens with zero attached hydrogens (tertiary/aromatic N) is 2. The maximum Gasteiger partial charge on any atom is 0.417 e. The van der Waals surface area contributed by atoms with Crippen molar-refractivity contribution in [2.75, 3.05) is 18.4 Å². The van der Waals surface area contributed by atoms with E-state index in [0.29, 0.717) is 16.3 Å². The number of piperidine rings is 1. The van der Waals surface area contributed by atoms with Crippen LogP contribution in [-0.2, 0) is 19.1 Å². The van der Waals surface area contributed by atoms with Gasteiger partial charge in [0.15, 0.2) is 5.13 Å². The molecule has 1 aliphatic rings. The number of anilines is 1. The maximum absolute atomic E-state index is 13.1. The Hall–Kier alpha value is -2.42. The van der Waals surface area contributed by atoms with Crippen LogP contribution in [0.4, 0.5) is 18.3 Å². The van der Waals surface area contributed by atoms with E-state index in [4.69, 9.17) is 11.6 Å². The molecule has 0 atom stereocenters. The summed E-state index contributed by atoms with van der Waals surface area (Å²) in [6, 6.07) is 11.4. The summed E-state index contributed by atoms with van der Waals surface area (Å²) < 4.78 is 39.2. The number of amides is 1. The van der Waals surface area contributed by atoms with Gasteiger partial charge in [0, 0.05) is 29.6 Å². The molecule has 0 saturated carbocycles. The number of carbonyl (C=O) groups is 1. The highest BCUT2D eigenvalue weighted by molar-refractivity contribution is 7.15. The molecule has 0 spiro atoms. The topological polar surface area (TPSA) is 45.2 Å². The summed E-state index contributed by atoms with van der Waals surface area (Å²) in [7, 11) is 0. The normalized spacial score (nSPS) is 14.9. The first-order valence-electron chi connectivity index (χ1n) is 10.7. The zero-order valence-electron chi connectivity index (χ0n) is 17.8. The van der Waals surface area contributed by atoms with E-state index < -0.39 is 11.7 Å². The molecule has 0 bridgehead atoms. The first kappa shape index (κ1) is 23.7. The standard InChI is InChI=1S/C24H23ClF3N3OS/c25-21-9-6-17(13-20(21)24(26,27)28)12-19-14-29-23(33-19)30-22(32)18-7-4-16(5-8-18)15-31-10-2-1-3-11-31/h4-9,13-14H,1-3,10-12,15H2,(H,29,30,32). The lowest BCUT2D eigenvalue weighted by molar-refractivity contribution is -0.137. The van der Waals surface area contributed by atoms with Crippen molar-refractivity contribution in [1.82, 2.24) is 9.88 Å². The van der Waals surface area contributed by atoms with E-state index in [2.05, 4.69) is 15.2 Å². The molecule has 1 aromatic heterocycles. The van der Waals surface area contributed by atoms with Gasteiger partial charge in [0.2, 0.25) is 0 Å². The number of carbonyl (C=O) groups excluding carboxylic acids is 1. The number of aromatic nitrogens is 1. The Kier molecular flexibility index (Phi) is 7.36. The van der Waals surface area contributed by atoms with Crippen molar-refractivity contribution in [3.05, 3.63) is 80.8 Å². The van der Waals surface area contributed by atoms with Gasteiger partial charge in [-0.15, -0.1) is 11.3 Å². The van der Waals surface area contributed by atoms with Crippen LogP contribution >= 0.6 is 22.9 Å². The zero-order valence-corrected chi connectivity index (χ0v) is 19.4. The molecule has 3 aromatic rings. The lowest BCUT2D eigenvalue weighted by atomic mass is 10.1. The third-order valence-electron chi connectivity index (χ3n) is 5.56. The fourth-order valence-corrected chi connectivity index (χ4v) is 4.92. The van der Waals surface area contributed by atoms with Crippen LogP contribution in [0, 0.1) is 0 Å². The molecular weight excluding hydrogens is 471 g/mol.